The van der Waals surface area contributed by atoms with Crippen LogP contribution in [0, 0.1) is 10.1 Å². The number of piperidine rings is 1. The van der Waals surface area contributed by atoms with Crippen LogP contribution in [0.3, 0.4) is 0 Å². The van der Waals surface area contributed by atoms with Crippen LogP contribution in [-0.2, 0) is 6.54 Å². The maximum Gasteiger partial charge on any atom is 0.239 e. The summed E-state index contributed by atoms with van der Waals surface area (Å²) in [5.41, 5.74) is 2.81. The van der Waals surface area contributed by atoms with Crippen molar-refractivity contribution < 1.29 is 10.0 Å². The highest BCUT2D eigenvalue weighted by Gasteiger charge is 2.47. The van der Waals surface area contributed by atoms with Crippen LogP contribution >= 0.6 is 15.9 Å². The lowest BCUT2D eigenvalue weighted by Gasteiger charge is -2.41. The lowest BCUT2D eigenvalue weighted by Crippen LogP contribution is -2.48. The quantitative estimate of drug-likeness (QED) is 0.425. The summed E-state index contributed by atoms with van der Waals surface area (Å²) < 4.78 is 0.895. The van der Waals surface area contributed by atoms with Crippen molar-refractivity contribution in [2.45, 2.75) is 31.0 Å². The smallest absolute Gasteiger partial charge is 0.239 e. The van der Waals surface area contributed by atoms with Crippen LogP contribution in [0.4, 0.5) is 0 Å². The number of likely N-dealkylation sites (tertiary alicyclic amines) is 1. The maximum atomic E-state index is 12.4. The van der Waals surface area contributed by atoms with E-state index in [-0.39, 0.29) is 16.6 Å². The minimum Gasteiger partial charge on any atom is -0.508 e. The van der Waals surface area contributed by atoms with Gasteiger partial charge < -0.3 is 5.11 Å². The molecule has 1 fully saturated rings. The molecule has 6 nitrogen and oxygen atoms in total. The summed E-state index contributed by atoms with van der Waals surface area (Å²) in [5.74, 6) is -0.0760. The fourth-order valence-corrected chi connectivity index (χ4v) is 4.99. The Kier molecular flexibility index (Phi) is 6.11. The number of halogens is 1. The maximum absolute atomic E-state index is 12.4. The van der Waals surface area contributed by atoms with Crippen molar-refractivity contribution in [2.24, 2.45) is 0 Å². The zero-order chi connectivity index (χ0) is 21.1. The molecule has 0 radical (unpaired) electrons. The second kappa shape index (κ2) is 8.93. The summed E-state index contributed by atoms with van der Waals surface area (Å²) in [6.45, 7) is 1.29. The monoisotopic (exact) mass is 467 g/mol. The van der Waals surface area contributed by atoms with Gasteiger partial charge in [-0.2, -0.15) is 0 Å². The Morgan fingerprint density at radius 2 is 1.90 bits per heavy atom. The van der Waals surface area contributed by atoms with E-state index in [1.54, 1.807) is 36.7 Å². The molecule has 0 spiro atoms. The van der Waals surface area contributed by atoms with Crippen LogP contribution in [0.5, 0.6) is 5.75 Å². The normalized spacial score (nSPS) is 22.0. The van der Waals surface area contributed by atoms with E-state index in [1.165, 1.54) is 0 Å². The number of pyridine rings is 1. The Labute approximate surface area is 183 Å². The molecular formula is C23H22BrN3O3. The van der Waals surface area contributed by atoms with Gasteiger partial charge in [-0.3, -0.25) is 20.0 Å². The molecule has 0 unspecified atom stereocenters. The van der Waals surface area contributed by atoms with E-state index < -0.39 is 12.1 Å². The highest BCUT2D eigenvalue weighted by molar-refractivity contribution is 9.10. The third-order valence-corrected chi connectivity index (χ3v) is 6.47. The first-order chi connectivity index (χ1) is 14.5. The van der Waals surface area contributed by atoms with Crippen LogP contribution in [-0.4, -0.2) is 32.5 Å². The number of hydrogen-bond donors (Lipinski definition) is 1. The molecule has 154 valence electrons. The fraction of sp³-hybridized carbons (Fsp3) is 0.261. The highest BCUT2D eigenvalue weighted by Crippen LogP contribution is 2.43. The Hall–Kier alpha value is -2.77. The topological polar surface area (TPSA) is 79.5 Å². The van der Waals surface area contributed by atoms with E-state index in [9.17, 15) is 15.2 Å². The van der Waals surface area contributed by atoms with E-state index in [2.05, 4.69) is 25.8 Å². The molecular weight excluding hydrogens is 446 g/mol. The Balaban J connectivity index is 1.77. The number of nitro groups is 1. The molecule has 0 amide bonds. The molecule has 1 aromatic heterocycles. The molecule has 1 saturated heterocycles. The van der Waals surface area contributed by atoms with Crippen LogP contribution in [0.1, 0.15) is 35.1 Å². The number of hydrogen-bond acceptors (Lipinski definition) is 5. The Morgan fingerprint density at radius 3 is 2.57 bits per heavy atom. The number of nitrogens with zero attached hydrogens (tertiary/aromatic N) is 3. The average molecular weight is 468 g/mol. The van der Waals surface area contributed by atoms with Crippen LogP contribution < -0.4 is 0 Å². The Bertz CT molecular complexity index is 1010. The van der Waals surface area contributed by atoms with Crippen molar-refractivity contribution in [3.8, 4) is 5.75 Å². The fourth-order valence-electron chi connectivity index (χ4n) is 4.41. The van der Waals surface area contributed by atoms with Crippen LogP contribution in [0.2, 0.25) is 0 Å². The zero-order valence-corrected chi connectivity index (χ0v) is 17.9. The standard InChI is InChI=1S/C23H22BrN3O3/c24-21-6-2-1-5-19(21)20-11-13-26(15-16-4-3-12-25-14-16)22(23(20)27(29)30)17-7-9-18(28)10-8-17/h1-10,12,14,20,22-23,28H,11,13,15H2/t20-,22+,23-/m1/s1. The van der Waals surface area contributed by atoms with Gasteiger partial charge in [-0.25, -0.2) is 0 Å². The third-order valence-electron chi connectivity index (χ3n) is 5.75. The van der Waals surface area contributed by atoms with Gasteiger partial charge in [0.15, 0.2) is 0 Å². The van der Waals surface area contributed by atoms with Crippen molar-refractivity contribution in [2.75, 3.05) is 6.54 Å². The first kappa shape index (κ1) is 20.5. The number of phenols is 1. The number of aromatic hydroxyl groups is 1. The molecule has 7 heteroatoms. The van der Waals surface area contributed by atoms with Crippen LogP contribution in [0.25, 0.3) is 0 Å². The van der Waals surface area contributed by atoms with E-state index in [0.29, 0.717) is 13.0 Å². The van der Waals surface area contributed by atoms with Gasteiger partial charge in [0.1, 0.15) is 11.8 Å². The largest absolute Gasteiger partial charge is 0.508 e. The van der Waals surface area contributed by atoms with Crippen LogP contribution in [0.15, 0.2) is 77.5 Å². The molecule has 1 aliphatic rings. The number of aromatic nitrogens is 1. The van der Waals surface area contributed by atoms with Gasteiger partial charge in [0.05, 0.1) is 5.92 Å². The predicted molar refractivity (Wildman–Crippen MR) is 118 cm³/mol. The molecule has 0 aliphatic carbocycles. The molecule has 0 saturated carbocycles. The molecule has 0 bridgehead atoms. The van der Waals surface area contributed by atoms with Crippen molar-refractivity contribution >= 4 is 15.9 Å². The van der Waals surface area contributed by atoms with Gasteiger partial charge in [0.25, 0.3) is 0 Å². The molecule has 3 aromatic rings. The lowest BCUT2D eigenvalue weighted by atomic mass is 9.78. The minimum absolute atomic E-state index is 0.142. The average Bonchev–Trinajstić information content (AvgIpc) is 2.75. The van der Waals surface area contributed by atoms with E-state index in [4.69, 9.17) is 0 Å². The zero-order valence-electron chi connectivity index (χ0n) is 16.3. The summed E-state index contributed by atoms with van der Waals surface area (Å²) in [6, 6.07) is 17.1. The van der Waals surface area contributed by atoms with Gasteiger partial charge in [-0.05, 0) is 47.4 Å². The molecule has 2 heterocycles. The second-order valence-corrected chi connectivity index (χ2v) is 8.42. The summed E-state index contributed by atoms with van der Waals surface area (Å²) in [4.78, 5) is 18.6. The number of phenolic OH excluding ortho intramolecular Hbond substituents is 1. The van der Waals surface area contributed by atoms with Gasteiger partial charge in [0.2, 0.25) is 6.04 Å². The Morgan fingerprint density at radius 1 is 1.13 bits per heavy atom. The number of benzene rings is 2. The van der Waals surface area contributed by atoms with Gasteiger partial charge in [-0.15, -0.1) is 0 Å². The third kappa shape index (κ3) is 4.22. The summed E-state index contributed by atoms with van der Waals surface area (Å²) >= 11 is 3.59. The lowest BCUT2D eigenvalue weighted by molar-refractivity contribution is -0.540. The summed E-state index contributed by atoms with van der Waals surface area (Å²) in [7, 11) is 0. The summed E-state index contributed by atoms with van der Waals surface area (Å²) in [6.07, 6.45) is 4.21. The van der Waals surface area contributed by atoms with Crippen molar-refractivity contribution in [1.29, 1.82) is 0 Å². The highest BCUT2D eigenvalue weighted by atomic mass is 79.9. The molecule has 1 aliphatic heterocycles. The molecule has 3 atom stereocenters. The van der Waals surface area contributed by atoms with E-state index >= 15 is 0 Å². The van der Waals surface area contributed by atoms with E-state index in [0.717, 1.165) is 27.7 Å². The van der Waals surface area contributed by atoms with Gasteiger partial charge in [0, 0.05) is 34.9 Å². The molecule has 2 aromatic carbocycles. The molecule has 4 rings (SSSR count). The van der Waals surface area contributed by atoms with E-state index in [1.807, 2.05) is 36.4 Å². The minimum atomic E-state index is -0.821. The van der Waals surface area contributed by atoms with Gasteiger partial charge in [-0.1, -0.05) is 52.3 Å². The second-order valence-electron chi connectivity index (χ2n) is 7.56. The van der Waals surface area contributed by atoms with Crippen molar-refractivity contribution in [3.63, 3.8) is 0 Å². The molecule has 30 heavy (non-hydrogen) atoms. The van der Waals surface area contributed by atoms with Crippen molar-refractivity contribution in [1.82, 2.24) is 9.88 Å². The summed E-state index contributed by atoms with van der Waals surface area (Å²) in [5, 5.41) is 22.1. The van der Waals surface area contributed by atoms with Gasteiger partial charge >= 0.3 is 0 Å². The SMILES string of the molecule is O=[N+]([O-])[C@@H]1[C@@H](c2ccccc2Br)CCN(Cc2cccnc2)[C@H]1c1ccc(O)cc1. The first-order valence-corrected chi connectivity index (χ1v) is 10.6. The first-order valence-electron chi connectivity index (χ1n) is 9.84. The van der Waals surface area contributed by atoms with Crippen molar-refractivity contribution in [3.05, 3.63) is 104 Å². The number of rotatable bonds is 5. The molecule has 1 N–H and O–H groups in total. The predicted octanol–water partition coefficient (Wildman–Crippen LogP) is 4.93.